The van der Waals surface area contributed by atoms with Crippen molar-refractivity contribution in [1.82, 2.24) is 20.9 Å². The highest BCUT2D eigenvalue weighted by molar-refractivity contribution is 5.77. The number of hydrogen-bond donors (Lipinski definition) is 3. The van der Waals surface area contributed by atoms with Crippen molar-refractivity contribution in [2.75, 3.05) is 52.9 Å². The Hall–Kier alpha value is -0.650. The fourth-order valence-electron chi connectivity index (χ4n) is 2.01. The molecule has 1 rings (SSSR count). The van der Waals surface area contributed by atoms with Gasteiger partial charge < -0.3 is 20.9 Å². The summed E-state index contributed by atoms with van der Waals surface area (Å²) in [5, 5.41) is 9.06. The topological polar surface area (TPSA) is 56.4 Å². The van der Waals surface area contributed by atoms with Crippen LogP contribution in [0.25, 0.3) is 0 Å². The summed E-state index contributed by atoms with van der Waals surface area (Å²) < 4.78 is 0. The lowest BCUT2D eigenvalue weighted by molar-refractivity contribution is -0.119. The summed E-state index contributed by atoms with van der Waals surface area (Å²) >= 11 is 0. The van der Waals surface area contributed by atoms with Crippen molar-refractivity contribution in [3.05, 3.63) is 0 Å². The highest BCUT2D eigenvalue weighted by Gasteiger charge is 2.08. The van der Waals surface area contributed by atoms with Crippen LogP contribution in [0.5, 0.6) is 0 Å². The van der Waals surface area contributed by atoms with Crippen LogP contribution >= 0.6 is 0 Å². The number of piperidine rings is 1. The molecule has 1 aliphatic rings. The van der Waals surface area contributed by atoms with Gasteiger partial charge in [-0.2, -0.15) is 0 Å². The highest BCUT2D eigenvalue weighted by atomic mass is 16.1. The number of carbonyl (C=O) groups excluding carboxylic acids is 1. The lowest BCUT2D eigenvalue weighted by Crippen LogP contribution is -2.39. The molecule has 114 valence electrons. The first-order valence-electron chi connectivity index (χ1n) is 7.67. The number of likely N-dealkylation sites (tertiary alicyclic amines) is 1. The van der Waals surface area contributed by atoms with E-state index in [1.807, 2.05) is 13.8 Å². The quantitative estimate of drug-likeness (QED) is 0.561. The third-order valence-corrected chi connectivity index (χ3v) is 3.10. The van der Waals surface area contributed by atoms with Crippen molar-refractivity contribution in [1.29, 1.82) is 0 Å². The second-order valence-corrected chi connectivity index (χ2v) is 4.50. The van der Waals surface area contributed by atoms with Crippen molar-refractivity contribution in [3.8, 4) is 0 Å². The summed E-state index contributed by atoms with van der Waals surface area (Å²) in [6, 6.07) is 0. The molecule has 1 heterocycles. The number of carbonyl (C=O) groups is 1. The van der Waals surface area contributed by atoms with Gasteiger partial charge in [-0.1, -0.05) is 20.3 Å². The molecule has 5 heteroatoms. The van der Waals surface area contributed by atoms with Crippen LogP contribution in [0.3, 0.4) is 0 Å². The molecule has 0 saturated carbocycles. The van der Waals surface area contributed by atoms with Crippen molar-refractivity contribution in [3.63, 3.8) is 0 Å². The summed E-state index contributed by atoms with van der Waals surface area (Å²) in [6.45, 7) is 10.9. The molecule has 0 atom stereocenters. The average molecular weight is 272 g/mol. The summed E-state index contributed by atoms with van der Waals surface area (Å²) in [4.78, 5) is 13.4. The van der Waals surface area contributed by atoms with Gasteiger partial charge in [-0.05, 0) is 25.9 Å². The van der Waals surface area contributed by atoms with E-state index in [2.05, 4.69) is 20.9 Å². The fourth-order valence-corrected chi connectivity index (χ4v) is 2.01. The Kier molecular flexibility index (Phi) is 13.3. The average Bonchev–Trinajstić information content (AvgIpc) is 2.49. The third-order valence-electron chi connectivity index (χ3n) is 3.10. The van der Waals surface area contributed by atoms with Gasteiger partial charge in [0, 0.05) is 33.2 Å². The molecular formula is C14H32N4O. The highest BCUT2D eigenvalue weighted by Crippen LogP contribution is 2.06. The molecule has 5 nitrogen and oxygen atoms in total. The smallest absolute Gasteiger partial charge is 0.233 e. The van der Waals surface area contributed by atoms with E-state index in [9.17, 15) is 4.79 Å². The number of hydrogen-bond acceptors (Lipinski definition) is 4. The second-order valence-electron chi connectivity index (χ2n) is 4.50. The second kappa shape index (κ2) is 13.8. The maximum absolute atomic E-state index is 10.9. The molecule has 0 unspecified atom stereocenters. The van der Waals surface area contributed by atoms with Crippen LogP contribution in [0.4, 0.5) is 0 Å². The van der Waals surface area contributed by atoms with Gasteiger partial charge in [-0.15, -0.1) is 0 Å². The van der Waals surface area contributed by atoms with Gasteiger partial charge in [-0.25, -0.2) is 0 Å². The van der Waals surface area contributed by atoms with Gasteiger partial charge in [-0.3, -0.25) is 4.79 Å². The lowest BCUT2D eigenvalue weighted by atomic mass is 10.1. The Morgan fingerprint density at radius 2 is 1.63 bits per heavy atom. The van der Waals surface area contributed by atoms with E-state index in [4.69, 9.17) is 0 Å². The molecule has 1 amide bonds. The van der Waals surface area contributed by atoms with E-state index in [-0.39, 0.29) is 5.91 Å². The van der Waals surface area contributed by atoms with Gasteiger partial charge in [0.25, 0.3) is 0 Å². The lowest BCUT2D eigenvalue weighted by Gasteiger charge is -2.26. The van der Waals surface area contributed by atoms with Crippen molar-refractivity contribution in [2.45, 2.75) is 33.1 Å². The molecule has 0 aromatic rings. The predicted octanol–water partition coefficient (Wildman–Crippen LogP) is 0.424. The van der Waals surface area contributed by atoms with Crippen molar-refractivity contribution >= 4 is 5.91 Å². The van der Waals surface area contributed by atoms with Gasteiger partial charge in [0.2, 0.25) is 5.91 Å². The minimum absolute atomic E-state index is 0.0401. The molecule has 0 radical (unpaired) electrons. The van der Waals surface area contributed by atoms with Gasteiger partial charge in [0.1, 0.15) is 0 Å². The minimum atomic E-state index is 0.0401. The van der Waals surface area contributed by atoms with Gasteiger partial charge >= 0.3 is 0 Å². The van der Waals surface area contributed by atoms with Crippen LogP contribution in [0.2, 0.25) is 0 Å². The molecule has 0 aromatic carbocycles. The normalized spacial score (nSPS) is 15.5. The zero-order valence-electron chi connectivity index (χ0n) is 12.9. The van der Waals surface area contributed by atoms with E-state index in [1.54, 1.807) is 7.05 Å². The first-order valence-corrected chi connectivity index (χ1v) is 7.67. The van der Waals surface area contributed by atoms with Gasteiger partial charge in [0.05, 0.1) is 6.54 Å². The van der Waals surface area contributed by atoms with Crippen LogP contribution in [0.1, 0.15) is 33.1 Å². The summed E-state index contributed by atoms with van der Waals surface area (Å²) in [7, 11) is 1.65. The fraction of sp³-hybridized carbons (Fsp3) is 0.929. The summed E-state index contributed by atoms with van der Waals surface area (Å²) in [5.41, 5.74) is 0. The zero-order valence-corrected chi connectivity index (χ0v) is 12.9. The Labute approximate surface area is 118 Å². The number of rotatable bonds is 8. The minimum Gasteiger partial charge on any atom is -0.358 e. The molecule has 19 heavy (non-hydrogen) atoms. The molecule has 3 N–H and O–H groups in total. The molecule has 0 aliphatic carbocycles. The summed E-state index contributed by atoms with van der Waals surface area (Å²) in [5.74, 6) is 0.0401. The van der Waals surface area contributed by atoms with Crippen molar-refractivity contribution < 1.29 is 4.79 Å². The molecule has 0 aromatic heterocycles. The monoisotopic (exact) mass is 272 g/mol. The molecule has 0 bridgehead atoms. The van der Waals surface area contributed by atoms with Crippen LogP contribution in [0, 0.1) is 0 Å². The van der Waals surface area contributed by atoms with E-state index in [0.717, 1.165) is 26.2 Å². The maximum atomic E-state index is 10.9. The van der Waals surface area contributed by atoms with E-state index >= 15 is 0 Å². The Morgan fingerprint density at radius 3 is 2.26 bits per heavy atom. The van der Waals surface area contributed by atoms with Gasteiger partial charge in [0.15, 0.2) is 0 Å². The number of nitrogens with zero attached hydrogens (tertiary/aromatic N) is 1. The summed E-state index contributed by atoms with van der Waals surface area (Å²) in [6.07, 6.45) is 4.11. The standard InChI is InChI=1S/C12H26N4O.C2H6/c1-13-12(17)11-15-6-5-14-7-10-16-8-3-2-4-9-16;1-2/h14-15H,2-11H2,1H3,(H,13,17);1-2H3. The number of nitrogens with one attached hydrogen (secondary N) is 3. The van der Waals surface area contributed by atoms with Crippen LogP contribution in [0.15, 0.2) is 0 Å². The van der Waals surface area contributed by atoms with E-state index in [0.29, 0.717) is 6.54 Å². The predicted molar refractivity (Wildman–Crippen MR) is 81.4 cm³/mol. The molecule has 1 aliphatic heterocycles. The Morgan fingerprint density at radius 1 is 1.00 bits per heavy atom. The van der Waals surface area contributed by atoms with Crippen molar-refractivity contribution in [2.24, 2.45) is 0 Å². The van der Waals surface area contributed by atoms with Crippen LogP contribution in [-0.2, 0) is 4.79 Å². The number of likely N-dealkylation sites (N-methyl/N-ethyl adjacent to an activating group) is 1. The first kappa shape index (κ1) is 18.4. The maximum Gasteiger partial charge on any atom is 0.233 e. The van der Waals surface area contributed by atoms with E-state index in [1.165, 1.54) is 32.4 Å². The van der Waals surface area contributed by atoms with Crippen LogP contribution < -0.4 is 16.0 Å². The SMILES string of the molecule is CC.CNC(=O)CNCCNCCN1CCCCC1. The van der Waals surface area contributed by atoms with Crippen LogP contribution in [-0.4, -0.2) is 63.7 Å². The molecule has 1 fully saturated rings. The zero-order chi connectivity index (χ0) is 14.3. The third kappa shape index (κ3) is 10.9. The molecular weight excluding hydrogens is 240 g/mol. The molecule has 1 saturated heterocycles. The number of amides is 1. The first-order chi connectivity index (χ1) is 9.33. The Balaban J connectivity index is 0.00000154. The van der Waals surface area contributed by atoms with E-state index < -0.39 is 0 Å². The largest absolute Gasteiger partial charge is 0.358 e. The Bertz CT molecular complexity index is 206. The molecule has 0 spiro atoms.